The number of aliphatic hydroxyl groups is 2. The van der Waals surface area contributed by atoms with Gasteiger partial charge in [-0.15, -0.1) is 0 Å². The van der Waals surface area contributed by atoms with Crippen LogP contribution in [0.5, 0.6) is 0 Å². The molecular formula is C11H12F3NO3S. The molecule has 106 valence electrons. The Morgan fingerprint density at radius 1 is 1.47 bits per heavy atom. The summed E-state index contributed by atoms with van der Waals surface area (Å²) in [5.41, 5.74) is -1.24. The largest absolute Gasteiger partial charge is 0.433 e. The van der Waals surface area contributed by atoms with Gasteiger partial charge in [-0.3, -0.25) is 9.78 Å². The summed E-state index contributed by atoms with van der Waals surface area (Å²) in [6.07, 6.45) is -6.55. The first-order chi connectivity index (χ1) is 8.71. The van der Waals surface area contributed by atoms with Crippen LogP contribution in [0.25, 0.3) is 0 Å². The number of pyridine rings is 1. The number of thioether (sulfide) groups is 1. The molecule has 2 atom stereocenters. The minimum absolute atomic E-state index is 0.0970. The number of nitrogens with zero attached hydrogens (tertiary/aromatic N) is 1. The number of carbonyl (C=O) groups excluding carboxylic acids is 1. The van der Waals surface area contributed by atoms with Gasteiger partial charge in [0.2, 0.25) is 0 Å². The Bertz CT molecular complexity index is 453. The van der Waals surface area contributed by atoms with Crippen LogP contribution in [0.2, 0.25) is 0 Å². The molecule has 1 rings (SSSR count). The molecule has 0 aliphatic heterocycles. The summed E-state index contributed by atoms with van der Waals surface area (Å²) in [4.78, 5) is 13.9. The molecule has 0 aliphatic rings. The molecule has 2 N–H and O–H groups in total. The molecule has 0 saturated carbocycles. The summed E-state index contributed by atoms with van der Waals surface area (Å²) in [7, 11) is 0. The normalized spacial score (nSPS) is 15.1. The molecule has 0 fully saturated rings. The highest BCUT2D eigenvalue weighted by Gasteiger charge is 2.33. The first kappa shape index (κ1) is 15.9. The van der Waals surface area contributed by atoms with Crippen LogP contribution >= 0.6 is 11.8 Å². The fourth-order valence-corrected chi connectivity index (χ4v) is 1.89. The van der Waals surface area contributed by atoms with Crippen molar-refractivity contribution < 1.29 is 28.2 Å². The number of hydrogen-bond acceptors (Lipinski definition) is 5. The molecule has 2 unspecified atom stereocenters. The van der Waals surface area contributed by atoms with Crippen molar-refractivity contribution in [2.24, 2.45) is 0 Å². The van der Waals surface area contributed by atoms with Gasteiger partial charge < -0.3 is 10.2 Å². The maximum atomic E-state index is 12.4. The predicted molar refractivity (Wildman–Crippen MR) is 63.3 cm³/mol. The molecule has 4 nitrogen and oxygen atoms in total. The highest BCUT2D eigenvalue weighted by Crippen LogP contribution is 2.29. The summed E-state index contributed by atoms with van der Waals surface area (Å²) in [6.45, 7) is 1.29. The Labute approximate surface area is 111 Å². The minimum atomic E-state index is -4.62. The lowest BCUT2D eigenvalue weighted by Gasteiger charge is -2.18. The van der Waals surface area contributed by atoms with Crippen LogP contribution in [0.1, 0.15) is 24.3 Å². The lowest BCUT2D eigenvalue weighted by atomic mass is 10.1. The van der Waals surface area contributed by atoms with Gasteiger partial charge in [-0.1, -0.05) is 11.8 Å². The zero-order valence-electron chi connectivity index (χ0n) is 9.89. The van der Waals surface area contributed by atoms with Gasteiger partial charge in [0, 0.05) is 18.9 Å². The van der Waals surface area contributed by atoms with E-state index in [0.717, 1.165) is 18.0 Å². The van der Waals surface area contributed by atoms with E-state index in [0.29, 0.717) is 6.07 Å². The molecule has 0 amide bonds. The molecule has 0 saturated heterocycles. The Balaban J connectivity index is 2.82. The third-order valence-electron chi connectivity index (χ3n) is 2.24. The van der Waals surface area contributed by atoms with Crippen LogP contribution in [-0.2, 0) is 11.0 Å². The van der Waals surface area contributed by atoms with Gasteiger partial charge in [-0.2, -0.15) is 13.2 Å². The van der Waals surface area contributed by atoms with Crippen LogP contribution in [0.15, 0.2) is 18.3 Å². The first-order valence-electron chi connectivity index (χ1n) is 5.24. The molecule has 0 radical (unpaired) electrons. The van der Waals surface area contributed by atoms with E-state index in [1.807, 2.05) is 0 Å². The fraction of sp³-hybridized carbons (Fsp3) is 0.455. The van der Waals surface area contributed by atoms with Crippen molar-refractivity contribution in [3.8, 4) is 0 Å². The Hall–Kier alpha value is -1.12. The lowest BCUT2D eigenvalue weighted by molar-refractivity contribution is -0.141. The molecular weight excluding hydrogens is 283 g/mol. The van der Waals surface area contributed by atoms with Crippen molar-refractivity contribution in [1.82, 2.24) is 4.98 Å². The Morgan fingerprint density at radius 2 is 2.11 bits per heavy atom. The second-order valence-electron chi connectivity index (χ2n) is 3.79. The highest BCUT2D eigenvalue weighted by molar-refractivity contribution is 8.13. The lowest BCUT2D eigenvalue weighted by Crippen LogP contribution is -2.22. The zero-order valence-corrected chi connectivity index (χ0v) is 10.7. The molecule has 19 heavy (non-hydrogen) atoms. The molecule has 0 spiro atoms. The molecule has 1 heterocycles. The maximum Gasteiger partial charge on any atom is 0.433 e. The van der Waals surface area contributed by atoms with Crippen LogP contribution in [0.3, 0.4) is 0 Å². The number of rotatable bonds is 4. The van der Waals surface area contributed by atoms with Gasteiger partial charge in [0.25, 0.3) is 0 Å². The van der Waals surface area contributed by atoms with Crippen molar-refractivity contribution in [2.75, 3.05) is 5.75 Å². The molecule has 0 aliphatic carbocycles. The number of aromatic nitrogens is 1. The molecule has 1 aromatic rings. The quantitative estimate of drug-likeness (QED) is 0.886. The van der Waals surface area contributed by atoms with Crippen LogP contribution in [0, 0.1) is 0 Å². The number of aliphatic hydroxyl groups excluding tert-OH is 2. The standard InChI is InChI=1S/C11H12F3NO3S/c1-6(16)19-5-8(17)10(18)7-2-3-15-9(4-7)11(12,13)14/h2-4,8,10,17-18H,5H2,1H3. The van der Waals surface area contributed by atoms with Gasteiger partial charge >= 0.3 is 6.18 Å². The smallest absolute Gasteiger partial charge is 0.389 e. The summed E-state index contributed by atoms with van der Waals surface area (Å²) >= 11 is 0.785. The van der Waals surface area contributed by atoms with E-state index in [-0.39, 0.29) is 16.4 Å². The SMILES string of the molecule is CC(=O)SCC(O)C(O)c1ccnc(C(F)(F)F)c1. The number of halogens is 3. The van der Waals surface area contributed by atoms with Crippen molar-refractivity contribution >= 4 is 16.9 Å². The van der Waals surface area contributed by atoms with Gasteiger partial charge in [0.15, 0.2) is 5.12 Å². The van der Waals surface area contributed by atoms with E-state index in [4.69, 9.17) is 0 Å². The maximum absolute atomic E-state index is 12.4. The second kappa shape index (κ2) is 6.36. The van der Waals surface area contributed by atoms with E-state index >= 15 is 0 Å². The summed E-state index contributed by atoms with van der Waals surface area (Å²) < 4.78 is 37.3. The monoisotopic (exact) mass is 295 g/mol. The number of carbonyl (C=O) groups is 1. The van der Waals surface area contributed by atoms with Gasteiger partial charge in [0.1, 0.15) is 11.8 Å². The third-order valence-corrected chi connectivity index (χ3v) is 3.15. The molecule has 8 heteroatoms. The van der Waals surface area contributed by atoms with Crippen LogP contribution < -0.4 is 0 Å². The molecule has 0 bridgehead atoms. The first-order valence-corrected chi connectivity index (χ1v) is 6.23. The number of alkyl halides is 3. The summed E-state index contributed by atoms with van der Waals surface area (Å²) in [6, 6.07) is 1.86. The summed E-state index contributed by atoms with van der Waals surface area (Å²) in [5.74, 6) is -0.0970. The fourth-order valence-electron chi connectivity index (χ4n) is 1.30. The average molecular weight is 295 g/mol. The zero-order chi connectivity index (χ0) is 14.6. The second-order valence-corrected chi connectivity index (χ2v) is 4.98. The third kappa shape index (κ3) is 4.81. The van der Waals surface area contributed by atoms with Gasteiger partial charge in [-0.25, -0.2) is 0 Å². The van der Waals surface area contributed by atoms with E-state index in [2.05, 4.69) is 4.98 Å². The van der Waals surface area contributed by atoms with Crippen molar-refractivity contribution in [3.63, 3.8) is 0 Å². The van der Waals surface area contributed by atoms with Crippen molar-refractivity contribution in [2.45, 2.75) is 25.3 Å². The van der Waals surface area contributed by atoms with E-state index in [9.17, 15) is 28.2 Å². The number of hydrogen-bond donors (Lipinski definition) is 2. The Morgan fingerprint density at radius 3 is 2.63 bits per heavy atom. The van der Waals surface area contributed by atoms with Crippen molar-refractivity contribution in [3.05, 3.63) is 29.6 Å². The van der Waals surface area contributed by atoms with Crippen molar-refractivity contribution in [1.29, 1.82) is 0 Å². The summed E-state index contributed by atoms with van der Waals surface area (Å²) in [5, 5.41) is 19.1. The van der Waals surface area contributed by atoms with Gasteiger partial charge in [-0.05, 0) is 17.7 Å². The topological polar surface area (TPSA) is 70.4 Å². The Kier molecular flexibility index (Phi) is 5.33. The van der Waals surface area contributed by atoms with Crippen LogP contribution in [-0.4, -0.2) is 32.2 Å². The molecule has 0 aromatic carbocycles. The van der Waals surface area contributed by atoms with E-state index in [1.54, 1.807) is 0 Å². The van der Waals surface area contributed by atoms with Crippen LogP contribution in [0.4, 0.5) is 13.2 Å². The van der Waals surface area contributed by atoms with Gasteiger partial charge in [0.05, 0.1) is 6.10 Å². The highest BCUT2D eigenvalue weighted by atomic mass is 32.2. The van der Waals surface area contributed by atoms with E-state index in [1.165, 1.54) is 13.0 Å². The average Bonchev–Trinajstić information content (AvgIpc) is 2.34. The minimum Gasteiger partial charge on any atom is -0.389 e. The van der Waals surface area contributed by atoms with E-state index < -0.39 is 24.1 Å². The predicted octanol–water partition coefficient (Wildman–Crippen LogP) is 1.77. The molecule has 1 aromatic heterocycles.